The molecular weight excluding hydrogens is 318 g/mol. The summed E-state index contributed by atoms with van der Waals surface area (Å²) >= 11 is 0. The van der Waals surface area contributed by atoms with Crippen molar-refractivity contribution in [2.45, 2.75) is 39.0 Å². The summed E-state index contributed by atoms with van der Waals surface area (Å²) in [6.45, 7) is 7.98. The lowest BCUT2D eigenvalue weighted by Gasteiger charge is -2.35. The number of amides is 3. The number of carbonyl (C=O) groups excluding carboxylic acids is 3. The van der Waals surface area contributed by atoms with Gasteiger partial charge in [0.15, 0.2) is 0 Å². The summed E-state index contributed by atoms with van der Waals surface area (Å²) in [4.78, 5) is 40.4. The number of nitrogens with one attached hydrogen (secondary N) is 1. The highest BCUT2D eigenvalue weighted by Gasteiger charge is 2.39. The van der Waals surface area contributed by atoms with Gasteiger partial charge in [-0.1, -0.05) is 6.92 Å². The molecule has 1 aromatic carbocycles. The number of fused-ring (bicyclic) bond motifs is 1. The molecule has 6 nitrogen and oxygen atoms in total. The van der Waals surface area contributed by atoms with E-state index in [2.05, 4.69) is 5.32 Å². The molecule has 0 saturated carbocycles. The number of carbonyl (C=O) groups is 3. The minimum atomic E-state index is -0.628. The fraction of sp³-hybridized carbons (Fsp3) is 0.526. The Morgan fingerprint density at radius 1 is 1.12 bits per heavy atom. The highest BCUT2D eigenvalue weighted by Crippen LogP contribution is 2.37. The van der Waals surface area contributed by atoms with E-state index in [4.69, 9.17) is 0 Å². The first-order valence-electron chi connectivity index (χ1n) is 8.87. The van der Waals surface area contributed by atoms with Crippen LogP contribution in [0.5, 0.6) is 0 Å². The minimum Gasteiger partial charge on any atom is -0.339 e. The first-order chi connectivity index (χ1) is 11.8. The SMILES string of the molecule is CCCC(=O)N1CCN(C(=O)c2ccc3c(c2)C(C)(C)C(=O)N3)CC1. The van der Waals surface area contributed by atoms with Gasteiger partial charge in [0.05, 0.1) is 5.41 Å². The Balaban J connectivity index is 1.70. The van der Waals surface area contributed by atoms with Crippen LogP contribution in [-0.4, -0.2) is 53.7 Å². The molecule has 0 bridgehead atoms. The second-order valence-electron chi connectivity index (χ2n) is 7.26. The van der Waals surface area contributed by atoms with Crippen LogP contribution in [0, 0.1) is 0 Å². The van der Waals surface area contributed by atoms with Crippen molar-refractivity contribution in [3.05, 3.63) is 29.3 Å². The third-order valence-corrected chi connectivity index (χ3v) is 5.14. The van der Waals surface area contributed by atoms with Crippen LogP contribution in [0.3, 0.4) is 0 Å². The highest BCUT2D eigenvalue weighted by molar-refractivity contribution is 6.07. The van der Waals surface area contributed by atoms with Gasteiger partial charge in [0.25, 0.3) is 5.91 Å². The van der Waals surface area contributed by atoms with E-state index in [0.717, 1.165) is 17.7 Å². The van der Waals surface area contributed by atoms with Crippen LogP contribution in [0.15, 0.2) is 18.2 Å². The Morgan fingerprint density at radius 3 is 2.40 bits per heavy atom. The third kappa shape index (κ3) is 3.13. The molecule has 1 saturated heterocycles. The number of hydrogen-bond acceptors (Lipinski definition) is 3. The molecule has 134 valence electrons. The molecule has 6 heteroatoms. The molecule has 2 heterocycles. The molecular formula is C19H25N3O3. The predicted octanol–water partition coefficient (Wildman–Crippen LogP) is 2.00. The fourth-order valence-corrected chi connectivity index (χ4v) is 3.42. The van der Waals surface area contributed by atoms with Crippen molar-refractivity contribution < 1.29 is 14.4 Å². The topological polar surface area (TPSA) is 69.7 Å². The normalized spacial score (nSPS) is 18.8. The summed E-state index contributed by atoms with van der Waals surface area (Å²) in [5.74, 6) is 0.0779. The van der Waals surface area contributed by atoms with Crippen molar-refractivity contribution >= 4 is 23.4 Å². The van der Waals surface area contributed by atoms with Gasteiger partial charge in [-0.15, -0.1) is 0 Å². The first kappa shape index (κ1) is 17.5. The maximum absolute atomic E-state index is 12.8. The fourth-order valence-electron chi connectivity index (χ4n) is 3.42. The van der Waals surface area contributed by atoms with Gasteiger partial charge < -0.3 is 15.1 Å². The molecule has 3 amide bonds. The van der Waals surface area contributed by atoms with Crippen molar-refractivity contribution in [3.63, 3.8) is 0 Å². The molecule has 1 N–H and O–H groups in total. The van der Waals surface area contributed by atoms with Crippen LogP contribution in [-0.2, 0) is 15.0 Å². The number of hydrogen-bond donors (Lipinski definition) is 1. The predicted molar refractivity (Wildman–Crippen MR) is 95.5 cm³/mol. The molecule has 0 radical (unpaired) electrons. The number of anilines is 1. The van der Waals surface area contributed by atoms with E-state index < -0.39 is 5.41 Å². The average Bonchev–Trinajstić information content (AvgIpc) is 2.83. The molecule has 1 aromatic rings. The van der Waals surface area contributed by atoms with Gasteiger partial charge >= 0.3 is 0 Å². The van der Waals surface area contributed by atoms with Crippen LogP contribution in [0.4, 0.5) is 5.69 Å². The lowest BCUT2D eigenvalue weighted by atomic mass is 9.85. The van der Waals surface area contributed by atoms with E-state index in [-0.39, 0.29) is 17.7 Å². The summed E-state index contributed by atoms with van der Waals surface area (Å²) in [5, 5.41) is 2.86. The van der Waals surface area contributed by atoms with Crippen LogP contribution in [0.25, 0.3) is 0 Å². The number of rotatable bonds is 3. The third-order valence-electron chi connectivity index (χ3n) is 5.14. The molecule has 25 heavy (non-hydrogen) atoms. The lowest BCUT2D eigenvalue weighted by Crippen LogP contribution is -2.50. The first-order valence-corrected chi connectivity index (χ1v) is 8.87. The maximum Gasteiger partial charge on any atom is 0.253 e. The highest BCUT2D eigenvalue weighted by atomic mass is 16.2. The molecule has 2 aliphatic heterocycles. The molecule has 0 unspecified atom stereocenters. The van der Waals surface area contributed by atoms with Crippen molar-refractivity contribution in [1.82, 2.24) is 9.80 Å². The minimum absolute atomic E-state index is 0.0412. The van der Waals surface area contributed by atoms with Gasteiger partial charge in [0.2, 0.25) is 11.8 Å². The maximum atomic E-state index is 12.8. The molecule has 3 rings (SSSR count). The second kappa shape index (κ2) is 6.50. The standard InChI is InChI=1S/C19H25N3O3/c1-4-5-16(23)21-8-10-22(11-9-21)17(24)13-6-7-15-14(12-13)19(2,3)18(25)20-15/h6-7,12H,4-5,8-11H2,1-3H3,(H,20,25). The Hall–Kier alpha value is -2.37. The van der Waals surface area contributed by atoms with Crippen LogP contribution < -0.4 is 5.32 Å². The van der Waals surface area contributed by atoms with Crippen LogP contribution in [0.2, 0.25) is 0 Å². The van der Waals surface area contributed by atoms with Crippen molar-refractivity contribution in [2.24, 2.45) is 0 Å². The number of benzene rings is 1. The van der Waals surface area contributed by atoms with Crippen molar-refractivity contribution in [3.8, 4) is 0 Å². The quantitative estimate of drug-likeness (QED) is 0.913. The Labute approximate surface area is 148 Å². The smallest absolute Gasteiger partial charge is 0.253 e. The number of piperazine rings is 1. The van der Waals surface area contributed by atoms with Gasteiger partial charge in [-0.3, -0.25) is 14.4 Å². The summed E-state index contributed by atoms with van der Waals surface area (Å²) in [7, 11) is 0. The van der Waals surface area contributed by atoms with Crippen LogP contribution >= 0.6 is 0 Å². The monoisotopic (exact) mass is 343 g/mol. The van der Waals surface area contributed by atoms with E-state index in [9.17, 15) is 14.4 Å². The largest absolute Gasteiger partial charge is 0.339 e. The zero-order chi connectivity index (χ0) is 18.2. The van der Waals surface area contributed by atoms with Gasteiger partial charge in [-0.2, -0.15) is 0 Å². The summed E-state index contributed by atoms with van der Waals surface area (Å²) in [5.41, 5.74) is 1.61. The average molecular weight is 343 g/mol. The molecule has 1 fully saturated rings. The van der Waals surface area contributed by atoms with Gasteiger partial charge in [-0.05, 0) is 44.0 Å². The second-order valence-corrected chi connectivity index (χ2v) is 7.26. The molecule has 0 spiro atoms. The van der Waals surface area contributed by atoms with E-state index in [1.807, 2.05) is 31.7 Å². The summed E-state index contributed by atoms with van der Waals surface area (Å²) < 4.78 is 0. The van der Waals surface area contributed by atoms with Gasteiger partial charge in [0.1, 0.15) is 0 Å². The van der Waals surface area contributed by atoms with Gasteiger partial charge in [-0.25, -0.2) is 0 Å². The summed E-state index contributed by atoms with van der Waals surface area (Å²) in [6.07, 6.45) is 1.41. The molecule has 2 aliphatic rings. The van der Waals surface area contributed by atoms with Gasteiger partial charge in [0, 0.05) is 43.9 Å². The van der Waals surface area contributed by atoms with E-state index in [1.165, 1.54) is 0 Å². The van der Waals surface area contributed by atoms with E-state index in [1.54, 1.807) is 17.0 Å². The van der Waals surface area contributed by atoms with Crippen LogP contribution in [0.1, 0.15) is 49.5 Å². The Bertz CT molecular complexity index is 719. The molecule has 0 aromatic heterocycles. The Morgan fingerprint density at radius 2 is 1.76 bits per heavy atom. The lowest BCUT2D eigenvalue weighted by molar-refractivity contribution is -0.132. The van der Waals surface area contributed by atoms with E-state index >= 15 is 0 Å². The molecule has 0 atom stereocenters. The van der Waals surface area contributed by atoms with Crippen molar-refractivity contribution in [2.75, 3.05) is 31.5 Å². The molecule has 0 aliphatic carbocycles. The Kier molecular flexibility index (Phi) is 4.54. The zero-order valence-electron chi connectivity index (χ0n) is 15.1. The van der Waals surface area contributed by atoms with Crippen molar-refractivity contribution in [1.29, 1.82) is 0 Å². The van der Waals surface area contributed by atoms with E-state index in [0.29, 0.717) is 38.2 Å². The summed E-state index contributed by atoms with van der Waals surface area (Å²) in [6, 6.07) is 5.39. The zero-order valence-corrected chi connectivity index (χ0v) is 15.1. The number of nitrogens with zero attached hydrogens (tertiary/aromatic N) is 2.